The van der Waals surface area contributed by atoms with E-state index in [2.05, 4.69) is 37.3 Å². The molecule has 29 heavy (non-hydrogen) atoms. The lowest BCUT2D eigenvalue weighted by atomic mass is 9.89. The number of aliphatic imine (C=N–C) groups is 1. The first-order valence-corrected chi connectivity index (χ1v) is 10.1. The number of fused-ring (bicyclic) bond motifs is 2. The number of ketones is 1. The molecule has 1 aliphatic carbocycles. The molecule has 0 bridgehead atoms. The van der Waals surface area contributed by atoms with Crippen molar-refractivity contribution >= 4 is 28.0 Å². The minimum atomic E-state index is -0.386. The Labute approximate surface area is 170 Å². The normalized spacial score (nSPS) is 17.1. The van der Waals surface area contributed by atoms with Crippen LogP contribution < -0.4 is 0 Å². The van der Waals surface area contributed by atoms with Gasteiger partial charge < -0.3 is 0 Å². The first-order valence-electron chi connectivity index (χ1n) is 10.1. The standard InChI is InChI=1S/C27H21NO/c1-2-18-10-4-8-17-24(18)28-26-22-14-6-7-15-23(22)27(29)25(26)21-16-9-12-19-11-3-5-13-20(19)21/h3-17,25H,2H2,1H3/t25-/m1/s1. The number of rotatable bonds is 3. The van der Waals surface area contributed by atoms with Crippen molar-refractivity contribution in [1.82, 2.24) is 0 Å². The van der Waals surface area contributed by atoms with Gasteiger partial charge in [-0.15, -0.1) is 0 Å². The van der Waals surface area contributed by atoms with E-state index in [1.165, 1.54) is 5.56 Å². The van der Waals surface area contributed by atoms with Crippen molar-refractivity contribution in [2.24, 2.45) is 4.99 Å². The van der Waals surface area contributed by atoms with Crippen molar-refractivity contribution in [3.8, 4) is 0 Å². The summed E-state index contributed by atoms with van der Waals surface area (Å²) in [5.41, 5.74) is 5.72. The number of carbonyl (C=O) groups excluding carboxylic acids is 1. The lowest BCUT2D eigenvalue weighted by molar-refractivity contribution is 0.0989. The number of Topliss-reactive ketones (excluding diaryl/α,β-unsaturated/α-hetero) is 1. The van der Waals surface area contributed by atoms with Gasteiger partial charge in [0.25, 0.3) is 0 Å². The number of hydrogen-bond donors (Lipinski definition) is 0. The van der Waals surface area contributed by atoms with Gasteiger partial charge in [-0.3, -0.25) is 9.79 Å². The van der Waals surface area contributed by atoms with Crippen LogP contribution in [0.15, 0.2) is 96.0 Å². The van der Waals surface area contributed by atoms with E-state index in [4.69, 9.17) is 4.99 Å². The fraction of sp³-hybridized carbons (Fsp3) is 0.111. The zero-order valence-corrected chi connectivity index (χ0v) is 16.3. The van der Waals surface area contributed by atoms with E-state index in [-0.39, 0.29) is 11.7 Å². The molecule has 0 aliphatic heterocycles. The minimum Gasteiger partial charge on any atom is -0.293 e. The van der Waals surface area contributed by atoms with Crippen LogP contribution in [-0.4, -0.2) is 11.5 Å². The molecule has 0 heterocycles. The maximum Gasteiger partial charge on any atom is 0.177 e. The smallest absolute Gasteiger partial charge is 0.177 e. The highest BCUT2D eigenvalue weighted by Crippen LogP contribution is 2.39. The van der Waals surface area contributed by atoms with E-state index in [0.717, 1.165) is 45.3 Å². The van der Waals surface area contributed by atoms with Gasteiger partial charge >= 0.3 is 0 Å². The predicted molar refractivity (Wildman–Crippen MR) is 119 cm³/mol. The predicted octanol–water partition coefficient (Wildman–Crippen LogP) is 6.50. The lowest BCUT2D eigenvalue weighted by Crippen LogP contribution is -2.14. The van der Waals surface area contributed by atoms with Crippen molar-refractivity contribution in [2.75, 3.05) is 0 Å². The largest absolute Gasteiger partial charge is 0.293 e. The van der Waals surface area contributed by atoms with E-state index < -0.39 is 0 Å². The van der Waals surface area contributed by atoms with Gasteiger partial charge in [0.05, 0.1) is 17.3 Å². The third-order valence-electron chi connectivity index (χ3n) is 5.75. The first-order chi connectivity index (χ1) is 14.3. The second kappa shape index (κ2) is 7.14. The fourth-order valence-corrected chi connectivity index (χ4v) is 4.32. The molecule has 0 fully saturated rings. The number of nitrogens with zero attached hydrogens (tertiary/aromatic N) is 1. The molecule has 0 radical (unpaired) electrons. The monoisotopic (exact) mass is 375 g/mol. The summed E-state index contributed by atoms with van der Waals surface area (Å²) in [6, 6.07) is 30.5. The molecule has 0 saturated heterocycles. The Hall–Kier alpha value is -3.52. The van der Waals surface area contributed by atoms with Gasteiger partial charge in [-0.2, -0.15) is 0 Å². The fourth-order valence-electron chi connectivity index (χ4n) is 4.32. The molecule has 0 aromatic heterocycles. The Morgan fingerprint density at radius 3 is 2.31 bits per heavy atom. The SMILES string of the molecule is CCc1ccccc1N=C1c2ccccc2C(=O)[C@@H]1c1cccc2ccccc12. The molecule has 0 N–H and O–H groups in total. The van der Waals surface area contributed by atoms with E-state index >= 15 is 0 Å². The Bertz CT molecular complexity index is 1260. The molecule has 1 atom stereocenters. The Balaban J connectivity index is 1.78. The molecule has 1 aliphatic rings. The molecule has 2 nitrogen and oxygen atoms in total. The molecule has 0 unspecified atom stereocenters. The summed E-state index contributed by atoms with van der Waals surface area (Å²) in [6.07, 6.45) is 0.904. The maximum absolute atomic E-state index is 13.5. The zero-order valence-electron chi connectivity index (χ0n) is 16.3. The summed E-state index contributed by atoms with van der Waals surface area (Å²) in [4.78, 5) is 18.6. The molecule has 0 amide bonds. The van der Waals surface area contributed by atoms with Gasteiger partial charge in [0.15, 0.2) is 5.78 Å². The third-order valence-corrected chi connectivity index (χ3v) is 5.75. The Morgan fingerprint density at radius 1 is 0.759 bits per heavy atom. The summed E-state index contributed by atoms with van der Waals surface area (Å²) < 4.78 is 0. The van der Waals surface area contributed by atoms with Gasteiger partial charge in [0.1, 0.15) is 0 Å². The van der Waals surface area contributed by atoms with Crippen LogP contribution in [0, 0.1) is 0 Å². The Kier molecular flexibility index (Phi) is 4.33. The van der Waals surface area contributed by atoms with Crippen molar-refractivity contribution in [1.29, 1.82) is 0 Å². The van der Waals surface area contributed by atoms with Gasteiger partial charge in [0.2, 0.25) is 0 Å². The number of hydrogen-bond acceptors (Lipinski definition) is 2. The summed E-state index contributed by atoms with van der Waals surface area (Å²) in [5.74, 6) is -0.256. The quantitative estimate of drug-likeness (QED) is 0.402. The van der Waals surface area contributed by atoms with Gasteiger partial charge in [-0.25, -0.2) is 0 Å². The van der Waals surface area contributed by atoms with Gasteiger partial charge in [0, 0.05) is 11.1 Å². The lowest BCUT2D eigenvalue weighted by Gasteiger charge is -2.15. The summed E-state index contributed by atoms with van der Waals surface area (Å²) in [7, 11) is 0. The van der Waals surface area contributed by atoms with Crippen molar-refractivity contribution in [3.63, 3.8) is 0 Å². The van der Waals surface area contributed by atoms with Crippen LogP contribution in [-0.2, 0) is 6.42 Å². The summed E-state index contributed by atoms with van der Waals surface area (Å²) >= 11 is 0. The van der Waals surface area contributed by atoms with E-state index in [1.54, 1.807) is 0 Å². The number of benzene rings is 4. The highest BCUT2D eigenvalue weighted by atomic mass is 16.1. The molecule has 2 heteroatoms. The zero-order chi connectivity index (χ0) is 19.8. The number of para-hydroxylation sites is 1. The second-order valence-corrected chi connectivity index (χ2v) is 7.39. The minimum absolute atomic E-state index is 0.129. The first kappa shape index (κ1) is 17.6. The van der Waals surface area contributed by atoms with Gasteiger partial charge in [-0.1, -0.05) is 91.9 Å². The highest BCUT2D eigenvalue weighted by molar-refractivity contribution is 6.32. The number of aryl methyl sites for hydroxylation is 1. The van der Waals surface area contributed by atoms with Crippen LogP contribution in [0.25, 0.3) is 10.8 Å². The molecular formula is C27H21NO. The summed E-state index contributed by atoms with van der Waals surface area (Å²) in [5, 5.41) is 2.25. The van der Waals surface area contributed by atoms with Crippen LogP contribution in [0.4, 0.5) is 5.69 Å². The van der Waals surface area contributed by atoms with Crippen LogP contribution in [0.3, 0.4) is 0 Å². The van der Waals surface area contributed by atoms with Crippen molar-refractivity contribution in [3.05, 3.63) is 113 Å². The van der Waals surface area contributed by atoms with E-state index in [1.807, 2.05) is 60.7 Å². The molecule has 5 rings (SSSR count). The third kappa shape index (κ3) is 2.89. The molecule has 4 aromatic rings. The summed E-state index contributed by atoms with van der Waals surface area (Å²) in [6.45, 7) is 2.13. The van der Waals surface area contributed by atoms with Crippen LogP contribution in [0.1, 0.15) is 39.9 Å². The molecule has 0 spiro atoms. The molecule has 0 saturated carbocycles. The van der Waals surface area contributed by atoms with Crippen LogP contribution >= 0.6 is 0 Å². The van der Waals surface area contributed by atoms with Crippen molar-refractivity contribution < 1.29 is 4.79 Å². The van der Waals surface area contributed by atoms with Crippen LogP contribution in [0.2, 0.25) is 0 Å². The highest BCUT2D eigenvalue weighted by Gasteiger charge is 2.38. The molecular weight excluding hydrogens is 354 g/mol. The molecule has 4 aromatic carbocycles. The van der Waals surface area contributed by atoms with E-state index in [0.29, 0.717) is 0 Å². The average Bonchev–Trinajstić information content (AvgIpc) is 3.05. The average molecular weight is 375 g/mol. The second-order valence-electron chi connectivity index (χ2n) is 7.39. The number of carbonyl (C=O) groups is 1. The Morgan fingerprint density at radius 2 is 1.45 bits per heavy atom. The maximum atomic E-state index is 13.5. The van der Waals surface area contributed by atoms with Gasteiger partial charge in [-0.05, 0) is 34.4 Å². The van der Waals surface area contributed by atoms with Crippen molar-refractivity contribution in [2.45, 2.75) is 19.3 Å². The molecule has 140 valence electrons. The van der Waals surface area contributed by atoms with Crippen LogP contribution in [0.5, 0.6) is 0 Å². The topological polar surface area (TPSA) is 29.4 Å². The van der Waals surface area contributed by atoms with E-state index in [9.17, 15) is 4.79 Å².